The third-order valence-corrected chi connectivity index (χ3v) is 13.9. The predicted molar refractivity (Wildman–Crippen MR) is 286 cm³/mol. The fraction of sp³-hybridized carbons (Fsp3) is 0.0303. The van der Waals surface area contributed by atoms with Gasteiger partial charge in [-0.1, -0.05) is 207 Å². The molecule has 2 nitrogen and oxygen atoms in total. The molecule has 322 valence electrons. The van der Waals surface area contributed by atoms with Crippen LogP contribution in [0.5, 0.6) is 0 Å². The molecule has 2 heteroatoms. The lowest BCUT2D eigenvalue weighted by Gasteiger charge is -2.53. The summed E-state index contributed by atoms with van der Waals surface area (Å²) in [5.41, 5.74) is 21.6. The van der Waals surface area contributed by atoms with E-state index in [1.54, 1.807) is 0 Å². The molecule has 1 spiro atoms. The number of nitrogens with zero attached hydrogens (tertiary/aromatic N) is 2. The van der Waals surface area contributed by atoms with Crippen molar-refractivity contribution in [1.29, 1.82) is 0 Å². The average Bonchev–Trinajstić information content (AvgIpc) is 3.91. The highest BCUT2D eigenvalue weighted by atomic mass is 15.2. The van der Waals surface area contributed by atoms with E-state index < -0.39 is 5.41 Å². The third kappa shape index (κ3) is 6.89. The highest BCUT2D eigenvalue weighted by Gasteiger charge is 2.55. The Balaban J connectivity index is 1.19. The lowest BCUT2D eigenvalue weighted by Crippen LogP contribution is -2.46. The van der Waals surface area contributed by atoms with Crippen LogP contribution >= 0.6 is 0 Å². The van der Waals surface area contributed by atoms with E-state index in [2.05, 4.69) is 277 Å². The second-order valence-electron chi connectivity index (χ2n) is 17.7. The topological polar surface area (TPSA) is 6.48 Å². The van der Waals surface area contributed by atoms with Crippen LogP contribution in [0.25, 0.3) is 50.6 Å². The monoisotopic (exact) mass is 868 g/mol. The molecular weight excluding hydrogens is 821 g/mol. The Morgan fingerprint density at radius 3 is 1.26 bits per heavy atom. The summed E-state index contributed by atoms with van der Waals surface area (Å²) in [4.78, 5) is 4.98. The van der Waals surface area contributed by atoms with E-state index in [-0.39, 0.29) is 0 Å². The number of allylic oxidation sites excluding steroid dienone is 6. The van der Waals surface area contributed by atoms with Gasteiger partial charge < -0.3 is 9.80 Å². The van der Waals surface area contributed by atoms with Crippen molar-refractivity contribution < 1.29 is 0 Å². The smallest absolute Gasteiger partial charge is 0.0749 e. The van der Waals surface area contributed by atoms with Gasteiger partial charge >= 0.3 is 0 Å². The van der Waals surface area contributed by atoms with Gasteiger partial charge in [0.1, 0.15) is 0 Å². The summed E-state index contributed by atoms with van der Waals surface area (Å²) in [6.45, 7) is 4.40. The molecule has 0 bridgehead atoms. The van der Waals surface area contributed by atoms with Crippen LogP contribution in [0.2, 0.25) is 0 Å². The number of hydrogen-bond donors (Lipinski definition) is 0. The fourth-order valence-electron chi connectivity index (χ4n) is 10.8. The SMILES string of the molecule is C=C/C=C1\C(=C/c2ccccc2)C2(C3=C(C=CC3)N1c1ccc(-c3ccccc3)cc1)c1cc(-c3ccccc3)ccc1N(c1ccc(-c3ccccc3)cc1)c1ccc(-c3ccccc3)cc12. The molecule has 2 heterocycles. The summed E-state index contributed by atoms with van der Waals surface area (Å²) in [6, 6.07) is 86.3. The molecule has 12 rings (SSSR count). The Hall–Kier alpha value is -8.72. The number of fused-ring (bicyclic) bond motifs is 5. The number of anilines is 4. The highest BCUT2D eigenvalue weighted by molar-refractivity contribution is 5.96. The summed E-state index contributed by atoms with van der Waals surface area (Å²) in [5, 5.41) is 0. The molecule has 0 amide bonds. The highest BCUT2D eigenvalue weighted by Crippen LogP contribution is 2.65. The first-order valence-electron chi connectivity index (χ1n) is 23.5. The first-order valence-corrected chi connectivity index (χ1v) is 23.5. The Morgan fingerprint density at radius 2 is 0.809 bits per heavy atom. The van der Waals surface area contributed by atoms with Crippen LogP contribution in [0.1, 0.15) is 23.1 Å². The zero-order valence-corrected chi connectivity index (χ0v) is 37.7. The maximum atomic E-state index is 4.40. The van der Waals surface area contributed by atoms with Crippen molar-refractivity contribution in [2.24, 2.45) is 0 Å². The standard InChI is InChI=1S/C66H48N2/c1-2-19-62-59(44-47-20-8-3-9-21-47)66(58-30-18-31-63(58)67(62)56-38-32-52(33-39-56)48-22-10-4-11-23-48)60-45-54(50-26-14-6-15-27-50)36-42-64(60)68(57-40-34-53(35-41-57)49-24-12-5-13-25-49)65-43-37-55(46-61(65)66)51-28-16-7-17-29-51/h2-29,31-46H,1,30H2/b59-44+,62-19+. The quantitative estimate of drug-likeness (QED) is 0.150. The van der Waals surface area contributed by atoms with Crippen LogP contribution in [0.4, 0.5) is 22.7 Å². The summed E-state index contributed by atoms with van der Waals surface area (Å²) in [5.74, 6) is 0. The second-order valence-corrected chi connectivity index (χ2v) is 17.7. The van der Waals surface area contributed by atoms with Crippen LogP contribution < -0.4 is 9.80 Å². The summed E-state index contributed by atoms with van der Waals surface area (Å²) in [7, 11) is 0. The van der Waals surface area contributed by atoms with Gasteiger partial charge in [-0.25, -0.2) is 0 Å². The zero-order valence-electron chi connectivity index (χ0n) is 37.7. The molecule has 0 aromatic heterocycles. The van der Waals surface area contributed by atoms with Gasteiger partial charge in [0.25, 0.3) is 0 Å². The lowest BCUT2D eigenvalue weighted by molar-refractivity contribution is 0.662. The Labute approximate surface area is 399 Å². The van der Waals surface area contributed by atoms with Gasteiger partial charge in [0.05, 0.1) is 22.5 Å². The van der Waals surface area contributed by atoms with Gasteiger partial charge in [-0.3, -0.25) is 0 Å². The minimum atomic E-state index is -0.759. The average molecular weight is 869 g/mol. The van der Waals surface area contributed by atoms with Crippen LogP contribution in [0.3, 0.4) is 0 Å². The summed E-state index contributed by atoms with van der Waals surface area (Å²) >= 11 is 0. The molecule has 0 N–H and O–H groups in total. The van der Waals surface area contributed by atoms with Crippen LogP contribution in [0, 0.1) is 0 Å². The van der Waals surface area contributed by atoms with E-state index in [4.69, 9.17) is 0 Å². The normalized spacial score (nSPS) is 15.6. The molecule has 68 heavy (non-hydrogen) atoms. The lowest BCUT2D eigenvalue weighted by atomic mass is 9.58. The maximum Gasteiger partial charge on any atom is 0.0749 e. The molecule has 3 aliphatic rings. The van der Waals surface area contributed by atoms with Crippen molar-refractivity contribution >= 4 is 28.8 Å². The molecule has 0 unspecified atom stereocenters. The molecule has 9 aromatic rings. The van der Waals surface area contributed by atoms with Gasteiger partial charge in [0.15, 0.2) is 0 Å². The second kappa shape index (κ2) is 17.3. The Kier molecular flexibility index (Phi) is 10.3. The van der Waals surface area contributed by atoms with Crippen molar-refractivity contribution in [2.75, 3.05) is 9.80 Å². The molecule has 9 aromatic carbocycles. The minimum Gasteiger partial charge on any atom is -0.310 e. The van der Waals surface area contributed by atoms with Gasteiger partial charge in [-0.15, -0.1) is 0 Å². The number of rotatable bonds is 8. The summed E-state index contributed by atoms with van der Waals surface area (Å²) in [6.07, 6.45) is 12.1. The van der Waals surface area contributed by atoms with E-state index in [1.807, 2.05) is 6.08 Å². The van der Waals surface area contributed by atoms with E-state index in [0.29, 0.717) is 0 Å². The van der Waals surface area contributed by atoms with Gasteiger partial charge in [0.2, 0.25) is 0 Å². The van der Waals surface area contributed by atoms with Crippen LogP contribution in [-0.2, 0) is 5.41 Å². The molecular formula is C66H48N2. The van der Waals surface area contributed by atoms with Gasteiger partial charge in [-0.05, 0) is 146 Å². The molecule has 0 saturated heterocycles. The van der Waals surface area contributed by atoms with E-state index in [1.165, 1.54) is 72.5 Å². The van der Waals surface area contributed by atoms with Crippen molar-refractivity contribution in [3.05, 3.63) is 307 Å². The van der Waals surface area contributed by atoms with E-state index in [0.717, 1.165) is 40.4 Å². The largest absolute Gasteiger partial charge is 0.310 e. The van der Waals surface area contributed by atoms with Crippen molar-refractivity contribution in [1.82, 2.24) is 0 Å². The fourth-order valence-corrected chi connectivity index (χ4v) is 10.8. The molecule has 1 aliphatic carbocycles. The third-order valence-electron chi connectivity index (χ3n) is 13.9. The molecule has 2 aliphatic heterocycles. The summed E-state index contributed by atoms with van der Waals surface area (Å²) < 4.78 is 0. The van der Waals surface area contributed by atoms with E-state index in [9.17, 15) is 0 Å². The number of hydrogen-bond acceptors (Lipinski definition) is 2. The van der Waals surface area contributed by atoms with Crippen LogP contribution in [-0.4, -0.2) is 0 Å². The number of benzene rings is 9. The minimum absolute atomic E-state index is 0.759. The molecule has 0 fully saturated rings. The molecule has 0 saturated carbocycles. The van der Waals surface area contributed by atoms with Gasteiger partial charge in [0, 0.05) is 17.1 Å². The zero-order chi connectivity index (χ0) is 45.4. The van der Waals surface area contributed by atoms with Crippen molar-refractivity contribution in [3.8, 4) is 44.5 Å². The van der Waals surface area contributed by atoms with Crippen LogP contribution in [0.15, 0.2) is 290 Å². The molecule has 0 radical (unpaired) electrons. The van der Waals surface area contributed by atoms with Crippen molar-refractivity contribution in [3.63, 3.8) is 0 Å². The Morgan fingerprint density at radius 1 is 0.412 bits per heavy atom. The van der Waals surface area contributed by atoms with E-state index >= 15 is 0 Å². The maximum absolute atomic E-state index is 4.40. The van der Waals surface area contributed by atoms with Crippen molar-refractivity contribution in [2.45, 2.75) is 11.8 Å². The van der Waals surface area contributed by atoms with Gasteiger partial charge in [-0.2, -0.15) is 0 Å². The first-order chi connectivity index (χ1) is 33.7. The predicted octanol–water partition coefficient (Wildman–Crippen LogP) is 17.3. The first kappa shape index (κ1) is 40.8. The molecule has 0 atom stereocenters. The Bertz CT molecular complexity index is 3350.